The molecule has 0 saturated heterocycles. The Labute approximate surface area is 166 Å². The molecule has 1 heterocycles. The number of aryl methyl sites for hydroxylation is 1. The molecule has 28 heavy (non-hydrogen) atoms. The number of nitriles is 1. The van der Waals surface area contributed by atoms with Crippen molar-refractivity contribution in [1.82, 2.24) is 4.98 Å². The number of hydrogen-bond donors (Lipinski definition) is 1. The van der Waals surface area contributed by atoms with E-state index in [0.29, 0.717) is 28.2 Å². The molecule has 1 saturated carbocycles. The summed E-state index contributed by atoms with van der Waals surface area (Å²) in [7, 11) is 0. The van der Waals surface area contributed by atoms with Gasteiger partial charge in [0.25, 0.3) is 5.91 Å². The first-order valence-electron chi connectivity index (χ1n) is 9.75. The molecule has 0 bridgehead atoms. The highest BCUT2D eigenvalue weighted by Crippen LogP contribution is 2.37. The number of carbonyl (C=O) groups excluding carboxylic acids is 1. The zero-order valence-corrected chi connectivity index (χ0v) is 16.5. The molecule has 1 aliphatic rings. The van der Waals surface area contributed by atoms with Gasteiger partial charge in [-0.2, -0.15) is 5.26 Å². The van der Waals surface area contributed by atoms with E-state index in [1.165, 1.54) is 0 Å². The van der Waals surface area contributed by atoms with Crippen LogP contribution in [-0.4, -0.2) is 16.9 Å². The predicted molar refractivity (Wildman–Crippen MR) is 113 cm³/mol. The van der Waals surface area contributed by atoms with Gasteiger partial charge in [0, 0.05) is 28.6 Å². The van der Waals surface area contributed by atoms with Gasteiger partial charge in [-0.1, -0.05) is 32.1 Å². The molecule has 1 fully saturated rings. The van der Waals surface area contributed by atoms with Crippen LogP contribution in [0.5, 0.6) is 0 Å². The first-order valence-corrected chi connectivity index (χ1v) is 9.75. The number of rotatable bonds is 7. The van der Waals surface area contributed by atoms with Gasteiger partial charge in [-0.05, 0) is 56.4 Å². The molecule has 1 aromatic heterocycles. The monoisotopic (exact) mass is 374 g/mol. The first-order chi connectivity index (χ1) is 13.5. The molecule has 3 rings (SSSR count). The molecular weight excluding hydrogens is 348 g/mol. The molecule has 5 heteroatoms. The highest BCUT2D eigenvalue weighted by atomic mass is 16.2. The van der Waals surface area contributed by atoms with E-state index in [1.54, 1.807) is 23.1 Å². The fourth-order valence-electron chi connectivity index (χ4n) is 3.33. The zero-order valence-electron chi connectivity index (χ0n) is 16.5. The molecule has 2 aromatic rings. The normalized spacial score (nSPS) is 13.0. The minimum absolute atomic E-state index is 0.123. The van der Waals surface area contributed by atoms with Gasteiger partial charge in [0.2, 0.25) is 0 Å². The van der Waals surface area contributed by atoms with E-state index >= 15 is 0 Å². The van der Waals surface area contributed by atoms with E-state index in [4.69, 9.17) is 16.0 Å². The first kappa shape index (κ1) is 19.6. The fraction of sp³-hybridized carbons (Fsp3) is 0.348. The van der Waals surface area contributed by atoms with Crippen LogP contribution in [0.4, 0.5) is 11.5 Å². The number of aromatic nitrogens is 1. The molecular formula is C23H26N4O. The van der Waals surface area contributed by atoms with E-state index in [-0.39, 0.29) is 11.9 Å². The van der Waals surface area contributed by atoms with Crippen molar-refractivity contribution in [2.45, 2.75) is 52.0 Å². The van der Waals surface area contributed by atoms with Gasteiger partial charge in [0.15, 0.2) is 0 Å². The highest BCUT2D eigenvalue weighted by molar-refractivity contribution is 6.26. The summed E-state index contributed by atoms with van der Waals surface area (Å²) in [6.45, 7) is 8.06. The molecule has 0 spiro atoms. The molecule has 5 nitrogen and oxygen atoms in total. The summed E-state index contributed by atoms with van der Waals surface area (Å²) >= 11 is 0. The third-order valence-corrected chi connectivity index (χ3v) is 5.00. The van der Waals surface area contributed by atoms with Crippen LogP contribution < -0.4 is 10.6 Å². The minimum Gasteiger partial charge on any atom is -0.398 e. The summed E-state index contributed by atoms with van der Waals surface area (Å²) in [5.41, 5.74) is 10.3. The standard InChI is InChI=1S/C23H26N4O/c1-4-5-9-20-21(25)12-15(2)26-22(20)27(19-10-11-19)23(28)16(3)18-8-6-7-17(13-18)14-24/h6-8,12-13,19H,3-5,9-11H2,1-2H3,(H2,25,26). The van der Waals surface area contributed by atoms with Crippen molar-refractivity contribution in [1.29, 1.82) is 5.26 Å². The van der Waals surface area contributed by atoms with E-state index in [2.05, 4.69) is 19.6 Å². The van der Waals surface area contributed by atoms with Crippen LogP contribution in [-0.2, 0) is 11.2 Å². The van der Waals surface area contributed by atoms with Gasteiger partial charge in [-0.15, -0.1) is 0 Å². The number of hydrogen-bond acceptors (Lipinski definition) is 4. The van der Waals surface area contributed by atoms with Crippen LogP contribution in [0.2, 0.25) is 0 Å². The number of anilines is 2. The number of pyridine rings is 1. The average molecular weight is 374 g/mol. The zero-order chi connectivity index (χ0) is 20.3. The van der Waals surface area contributed by atoms with Crippen LogP contribution in [0.1, 0.15) is 55.0 Å². The minimum atomic E-state index is -0.173. The maximum absolute atomic E-state index is 13.4. The van der Waals surface area contributed by atoms with Crippen LogP contribution in [0.3, 0.4) is 0 Å². The smallest absolute Gasteiger partial charge is 0.259 e. The lowest BCUT2D eigenvalue weighted by molar-refractivity contribution is -0.113. The number of nitrogen functional groups attached to an aromatic ring is 1. The van der Waals surface area contributed by atoms with Crippen LogP contribution in [0, 0.1) is 18.3 Å². The lowest BCUT2D eigenvalue weighted by Crippen LogP contribution is -2.35. The molecule has 1 aromatic carbocycles. The summed E-state index contributed by atoms with van der Waals surface area (Å²) in [5.74, 6) is 0.490. The van der Waals surface area contributed by atoms with E-state index in [0.717, 1.165) is 43.4 Å². The Morgan fingerprint density at radius 3 is 2.79 bits per heavy atom. The maximum Gasteiger partial charge on any atom is 0.259 e. The highest BCUT2D eigenvalue weighted by Gasteiger charge is 2.37. The Hall–Kier alpha value is -3.13. The summed E-state index contributed by atoms with van der Waals surface area (Å²) in [4.78, 5) is 19.9. The van der Waals surface area contributed by atoms with Crippen molar-refractivity contribution >= 4 is 23.0 Å². The van der Waals surface area contributed by atoms with E-state index in [1.807, 2.05) is 19.1 Å². The summed E-state index contributed by atoms with van der Waals surface area (Å²) in [6.07, 6.45) is 4.70. The number of nitrogens with zero attached hydrogens (tertiary/aromatic N) is 3. The number of nitrogens with two attached hydrogens (primary N) is 1. The molecule has 0 radical (unpaired) electrons. The quantitative estimate of drug-likeness (QED) is 0.728. The predicted octanol–water partition coefficient (Wildman–Crippen LogP) is 4.40. The average Bonchev–Trinajstić information content (AvgIpc) is 3.51. The van der Waals surface area contributed by atoms with Crippen LogP contribution >= 0.6 is 0 Å². The number of carbonyl (C=O) groups is 1. The lowest BCUT2D eigenvalue weighted by Gasteiger charge is -2.26. The largest absolute Gasteiger partial charge is 0.398 e. The van der Waals surface area contributed by atoms with Crippen LogP contribution in [0.15, 0.2) is 36.9 Å². The van der Waals surface area contributed by atoms with Crippen molar-refractivity contribution in [3.05, 3.63) is 59.3 Å². The molecule has 0 atom stereocenters. The lowest BCUT2D eigenvalue weighted by atomic mass is 10.0. The third-order valence-electron chi connectivity index (χ3n) is 5.00. The van der Waals surface area contributed by atoms with Crippen molar-refractivity contribution in [3.63, 3.8) is 0 Å². The Morgan fingerprint density at radius 2 is 2.14 bits per heavy atom. The topological polar surface area (TPSA) is 83.0 Å². The van der Waals surface area contributed by atoms with Gasteiger partial charge in [-0.25, -0.2) is 4.98 Å². The van der Waals surface area contributed by atoms with Gasteiger partial charge >= 0.3 is 0 Å². The Morgan fingerprint density at radius 1 is 1.39 bits per heavy atom. The van der Waals surface area contributed by atoms with Gasteiger partial charge < -0.3 is 5.73 Å². The maximum atomic E-state index is 13.4. The second-order valence-corrected chi connectivity index (χ2v) is 7.34. The third kappa shape index (κ3) is 4.07. The second-order valence-electron chi connectivity index (χ2n) is 7.34. The Kier molecular flexibility index (Phi) is 5.79. The van der Waals surface area contributed by atoms with E-state index < -0.39 is 0 Å². The summed E-state index contributed by atoms with van der Waals surface area (Å²) in [5, 5.41) is 9.15. The molecule has 1 aliphatic carbocycles. The molecule has 2 N–H and O–H groups in total. The Bertz CT molecular complexity index is 954. The van der Waals surface area contributed by atoms with Gasteiger partial charge in [-0.3, -0.25) is 9.69 Å². The summed E-state index contributed by atoms with van der Waals surface area (Å²) < 4.78 is 0. The number of benzene rings is 1. The number of unbranched alkanes of at least 4 members (excludes halogenated alkanes) is 1. The van der Waals surface area contributed by atoms with Crippen molar-refractivity contribution < 1.29 is 4.79 Å². The molecule has 0 aliphatic heterocycles. The van der Waals surface area contributed by atoms with Crippen molar-refractivity contribution in [2.75, 3.05) is 10.6 Å². The van der Waals surface area contributed by atoms with Crippen molar-refractivity contribution in [2.24, 2.45) is 0 Å². The fourth-order valence-corrected chi connectivity index (χ4v) is 3.33. The second kappa shape index (κ2) is 8.26. The summed E-state index contributed by atoms with van der Waals surface area (Å²) in [6, 6.07) is 11.1. The van der Waals surface area contributed by atoms with Crippen molar-refractivity contribution in [3.8, 4) is 6.07 Å². The molecule has 144 valence electrons. The Balaban J connectivity index is 2.01. The SMILES string of the molecule is C=C(C(=O)N(c1nc(C)cc(N)c1CCCC)C1CC1)c1cccc(C#N)c1. The van der Waals surface area contributed by atoms with Gasteiger partial charge in [0.1, 0.15) is 5.82 Å². The molecule has 0 unspecified atom stereocenters. The van der Waals surface area contributed by atoms with E-state index in [9.17, 15) is 4.79 Å². The van der Waals surface area contributed by atoms with Gasteiger partial charge in [0.05, 0.1) is 11.6 Å². The molecule has 1 amide bonds. The van der Waals surface area contributed by atoms with Crippen LogP contribution in [0.25, 0.3) is 5.57 Å². The number of amides is 1.